The van der Waals surface area contributed by atoms with Crippen LogP contribution in [0, 0.1) is 0 Å². The molecule has 2 heteroatoms. The number of hydrogen-bond donors (Lipinski definition) is 0. The van der Waals surface area contributed by atoms with Crippen molar-refractivity contribution < 1.29 is 4.79 Å². The lowest BCUT2D eigenvalue weighted by atomic mass is 10.1. The molecule has 0 heterocycles. The first-order valence-corrected chi connectivity index (χ1v) is 6.35. The summed E-state index contributed by atoms with van der Waals surface area (Å²) in [5.41, 5.74) is 0. The lowest BCUT2D eigenvalue weighted by Gasteiger charge is -2.03. The maximum Gasteiger partial charge on any atom is 0.142 e. The van der Waals surface area contributed by atoms with Gasteiger partial charge in [-0.2, -0.15) is 11.8 Å². The molecule has 0 unspecified atom stereocenters. The van der Waals surface area contributed by atoms with Crippen LogP contribution in [0.3, 0.4) is 0 Å². The van der Waals surface area contributed by atoms with E-state index in [2.05, 4.69) is 20.8 Å². The van der Waals surface area contributed by atoms with E-state index in [1.165, 1.54) is 19.3 Å². The first kappa shape index (κ1) is 13.0. The average Bonchev–Trinajstić information content (AvgIpc) is 2.09. The summed E-state index contributed by atoms with van der Waals surface area (Å²) < 4.78 is 0. The number of carbonyl (C=O) groups excluding carboxylic acids is 1. The molecule has 0 aliphatic carbocycles. The zero-order chi connectivity index (χ0) is 10.1. The minimum Gasteiger partial charge on any atom is -0.299 e. The molecule has 0 amide bonds. The van der Waals surface area contributed by atoms with E-state index in [4.69, 9.17) is 0 Å². The average molecular weight is 202 g/mol. The highest BCUT2D eigenvalue weighted by Crippen LogP contribution is 2.11. The van der Waals surface area contributed by atoms with Crippen LogP contribution >= 0.6 is 11.8 Å². The molecule has 78 valence electrons. The normalized spacial score (nSPS) is 10.8. The fraction of sp³-hybridized carbons (Fsp3) is 0.909. The number of unbranched alkanes of at least 4 members (excludes halogenated alkanes) is 3. The van der Waals surface area contributed by atoms with Gasteiger partial charge in [-0.25, -0.2) is 0 Å². The molecule has 0 aromatic carbocycles. The van der Waals surface area contributed by atoms with Crippen LogP contribution in [0.1, 0.15) is 52.9 Å². The summed E-state index contributed by atoms with van der Waals surface area (Å²) in [4.78, 5) is 11.3. The second-order valence-electron chi connectivity index (χ2n) is 3.71. The second kappa shape index (κ2) is 8.61. The maximum atomic E-state index is 11.3. The third kappa shape index (κ3) is 9.94. The highest BCUT2D eigenvalue weighted by molar-refractivity contribution is 8.00. The molecule has 0 aromatic heterocycles. The quantitative estimate of drug-likeness (QED) is 0.559. The first-order chi connectivity index (χ1) is 6.16. The van der Waals surface area contributed by atoms with E-state index in [9.17, 15) is 4.79 Å². The minimum atomic E-state index is 0.426. The molecular weight excluding hydrogens is 180 g/mol. The number of Topliss-reactive ketones (excluding diaryl/α,β-unsaturated/α-hetero) is 1. The summed E-state index contributed by atoms with van der Waals surface area (Å²) in [5.74, 6) is 1.14. The third-order valence-electron chi connectivity index (χ3n) is 1.89. The Morgan fingerprint density at radius 2 is 1.92 bits per heavy atom. The summed E-state index contributed by atoms with van der Waals surface area (Å²) in [6.07, 6.45) is 5.61. The van der Waals surface area contributed by atoms with E-state index < -0.39 is 0 Å². The van der Waals surface area contributed by atoms with Crippen LogP contribution in [0.25, 0.3) is 0 Å². The lowest BCUT2D eigenvalue weighted by molar-refractivity contribution is -0.116. The topological polar surface area (TPSA) is 17.1 Å². The summed E-state index contributed by atoms with van der Waals surface area (Å²) in [5, 5.41) is 0.583. The molecule has 0 saturated carbocycles. The Bertz CT molecular complexity index is 132. The standard InChI is InChI=1S/C11H22OS/c1-4-5-6-7-8-11(12)9-13-10(2)3/h10H,4-9H2,1-3H3. The van der Waals surface area contributed by atoms with Gasteiger partial charge in [0.15, 0.2) is 0 Å². The highest BCUT2D eigenvalue weighted by Gasteiger charge is 2.03. The molecule has 0 rings (SSSR count). The number of thioether (sulfide) groups is 1. The molecule has 0 aliphatic rings. The van der Waals surface area contributed by atoms with E-state index in [0.29, 0.717) is 16.8 Å². The van der Waals surface area contributed by atoms with Crippen molar-refractivity contribution in [2.45, 2.75) is 58.1 Å². The number of ketones is 1. The molecule has 0 fully saturated rings. The van der Waals surface area contributed by atoms with Gasteiger partial charge in [0.05, 0.1) is 5.75 Å². The van der Waals surface area contributed by atoms with Crippen molar-refractivity contribution in [1.29, 1.82) is 0 Å². The third-order valence-corrected chi connectivity index (χ3v) is 3.04. The summed E-state index contributed by atoms with van der Waals surface area (Å²) in [6.45, 7) is 6.46. The molecule has 0 aliphatic heterocycles. The molecule has 0 N–H and O–H groups in total. The Morgan fingerprint density at radius 1 is 1.23 bits per heavy atom. The van der Waals surface area contributed by atoms with Gasteiger partial charge in [-0.3, -0.25) is 4.79 Å². The highest BCUT2D eigenvalue weighted by atomic mass is 32.2. The van der Waals surface area contributed by atoms with Crippen LogP contribution < -0.4 is 0 Å². The van der Waals surface area contributed by atoms with Crippen LogP contribution in [-0.2, 0) is 4.79 Å². The number of rotatable bonds is 8. The van der Waals surface area contributed by atoms with E-state index in [0.717, 1.165) is 12.8 Å². The molecule has 0 radical (unpaired) electrons. The van der Waals surface area contributed by atoms with E-state index >= 15 is 0 Å². The van der Waals surface area contributed by atoms with E-state index in [1.807, 2.05) is 0 Å². The second-order valence-corrected chi connectivity index (χ2v) is 5.27. The van der Waals surface area contributed by atoms with Crippen molar-refractivity contribution in [3.63, 3.8) is 0 Å². The monoisotopic (exact) mass is 202 g/mol. The van der Waals surface area contributed by atoms with Gasteiger partial charge in [-0.05, 0) is 11.7 Å². The zero-order valence-corrected chi connectivity index (χ0v) is 9.95. The minimum absolute atomic E-state index is 0.426. The van der Waals surface area contributed by atoms with Gasteiger partial charge in [-0.15, -0.1) is 0 Å². The predicted molar refractivity (Wildman–Crippen MR) is 61.4 cm³/mol. The van der Waals surface area contributed by atoms with Crippen LogP contribution in [0.5, 0.6) is 0 Å². The van der Waals surface area contributed by atoms with E-state index in [-0.39, 0.29) is 0 Å². The van der Waals surface area contributed by atoms with Crippen molar-refractivity contribution in [3.05, 3.63) is 0 Å². The predicted octanol–water partition coefficient (Wildman–Crippen LogP) is 3.67. The van der Waals surface area contributed by atoms with Crippen molar-refractivity contribution in [2.75, 3.05) is 5.75 Å². The summed E-state index contributed by atoms with van der Waals surface area (Å²) >= 11 is 1.75. The molecule has 0 atom stereocenters. The van der Waals surface area contributed by atoms with Crippen LogP contribution in [0.2, 0.25) is 0 Å². The van der Waals surface area contributed by atoms with Gasteiger partial charge < -0.3 is 0 Å². The molecular formula is C11H22OS. The molecule has 0 bridgehead atoms. The van der Waals surface area contributed by atoms with Crippen molar-refractivity contribution in [2.24, 2.45) is 0 Å². The lowest BCUT2D eigenvalue weighted by Crippen LogP contribution is -2.03. The Hall–Kier alpha value is 0.0200. The van der Waals surface area contributed by atoms with Crippen molar-refractivity contribution in [1.82, 2.24) is 0 Å². The van der Waals surface area contributed by atoms with Gasteiger partial charge in [0.25, 0.3) is 0 Å². The van der Waals surface area contributed by atoms with Gasteiger partial charge in [0.1, 0.15) is 5.78 Å². The largest absolute Gasteiger partial charge is 0.299 e. The first-order valence-electron chi connectivity index (χ1n) is 5.30. The van der Waals surface area contributed by atoms with Gasteiger partial charge in [0, 0.05) is 6.42 Å². The maximum absolute atomic E-state index is 11.3. The Balaban J connectivity index is 3.20. The van der Waals surface area contributed by atoms with Gasteiger partial charge in [-0.1, -0.05) is 40.0 Å². The van der Waals surface area contributed by atoms with Crippen molar-refractivity contribution >= 4 is 17.5 Å². The summed E-state index contributed by atoms with van der Waals surface area (Å²) in [6, 6.07) is 0. The molecule has 0 saturated heterocycles. The summed E-state index contributed by atoms with van der Waals surface area (Å²) in [7, 11) is 0. The fourth-order valence-electron chi connectivity index (χ4n) is 1.08. The van der Waals surface area contributed by atoms with Crippen LogP contribution in [-0.4, -0.2) is 16.8 Å². The fourth-order valence-corrected chi connectivity index (χ4v) is 1.74. The molecule has 13 heavy (non-hydrogen) atoms. The van der Waals surface area contributed by atoms with Crippen molar-refractivity contribution in [3.8, 4) is 0 Å². The Labute approximate surface area is 86.7 Å². The number of hydrogen-bond acceptors (Lipinski definition) is 2. The van der Waals surface area contributed by atoms with Gasteiger partial charge in [0.2, 0.25) is 0 Å². The Kier molecular flexibility index (Phi) is 8.62. The van der Waals surface area contributed by atoms with Crippen LogP contribution in [0.15, 0.2) is 0 Å². The molecule has 1 nitrogen and oxygen atoms in total. The zero-order valence-electron chi connectivity index (χ0n) is 9.14. The van der Waals surface area contributed by atoms with Gasteiger partial charge >= 0.3 is 0 Å². The van der Waals surface area contributed by atoms with Crippen LogP contribution in [0.4, 0.5) is 0 Å². The number of carbonyl (C=O) groups is 1. The molecule has 0 aromatic rings. The molecule has 0 spiro atoms. The SMILES string of the molecule is CCCCCCC(=O)CSC(C)C. The van der Waals surface area contributed by atoms with E-state index in [1.54, 1.807) is 11.8 Å². The Morgan fingerprint density at radius 3 is 2.46 bits per heavy atom. The smallest absolute Gasteiger partial charge is 0.142 e.